The van der Waals surface area contributed by atoms with Crippen molar-refractivity contribution in [2.24, 2.45) is 0 Å². The van der Waals surface area contributed by atoms with Crippen molar-refractivity contribution in [3.05, 3.63) is 0 Å². The topological polar surface area (TPSA) is 149 Å². The fourth-order valence-corrected chi connectivity index (χ4v) is 9.46. The van der Waals surface area contributed by atoms with Crippen LogP contribution in [0.3, 0.4) is 0 Å². The summed E-state index contributed by atoms with van der Waals surface area (Å²) >= 11 is 0. The van der Waals surface area contributed by atoms with E-state index in [-0.39, 0.29) is 12.5 Å². The second-order valence-electron chi connectivity index (χ2n) is 20.1. The highest BCUT2D eigenvalue weighted by Crippen LogP contribution is 2.23. The summed E-state index contributed by atoms with van der Waals surface area (Å²) in [5, 5.41) is 54.6. The van der Waals surface area contributed by atoms with Gasteiger partial charge in [0.15, 0.2) is 6.29 Å². The number of rotatable bonds is 49. The average molecular weight is 912 g/mol. The minimum absolute atomic E-state index is 0.131. The van der Waals surface area contributed by atoms with Gasteiger partial charge in [-0.2, -0.15) is 0 Å². The lowest BCUT2D eigenvalue weighted by atomic mass is 9.99. The lowest BCUT2D eigenvalue weighted by Gasteiger charge is -2.40. The predicted molar refractivity (Wildman–Crippen MR) is 268 cm³/mol. The smallest absolute Gasteiger partial charge is 0.220 e. The van der Waals surface area contributed by atoms with Gasteiger partial charge in [0, 0.05) is 6.42 Å². The third kappa shape index (κ3) is 35.3. The molecule has 9 nitrogen and oxygen atoms in total. The number of amides is 1. The second kappa shape index (κ2) is 45.9. The molecule has 1 saturated heterocycles. The van der Waals surface area contributed by atoms with Crippen molar-refractivity contribution >= 4 is 5.91 Å². The standard InChI is InChI=1S/C55H109NO8/c1-3-5-7-9-11-13-15-17-19-20-21-22-23-24-25-26-27-28-29-30-31-33-35-37-39-41-43-45-51(59)56-48(47-63-55-54(62)53(61)52(60)50(46-57)64-55)49(58)44-42-40-38-36-34-32-18-16-14-12-10-8-6-4-2/h48-50,52-55,57-58,60-62H,3-47H2,1-2H3,(H,56,59). The Balaban J connectivity index is 2.14. The third-order valence-corrected chi connectivity index (χ3v) is 14.0. The van der Waals surface area contributed by atoms with Crippen molar-refractivity contribution in [1.29, 1.82) is 0 Å². The highest BCUT2D eigenvalue weighted by Gasteiger charge is 2.44. The van der Waals surface area contributed by atoms with Gasteiger partial charge in [-0.05, 0) is 12.8 Å². The molecule has 7 unspecified atom stereocenters. The first-order chi connectivity index (χ1) is 31.3. The Morgan fingerprint density at radius 3 is 1.11 bits per heavy atom. The van der Waals surface area contributed by atoms with Crippen molar-refractivity contribution in [3.8, 4) is 0 Å². The highest BCUT2D eigenvalue weighted by molar-refractivity contribution is 5.76. The van der Waals surface area contributed by atoms with Gasteiger partial charge in [-0.3, -0.25) is 4.79 Å². The summed E-state index contributed by atoms with van der Waals surface area (Å²) in [6.07, 6.45) is 47.1. The van der Waals surface area contributed by atoms with Gasteiger partial charge in [0.1, 0.15) is 24.4 Å². The van der Waals surface area contributed by atoms with E-state index >= 15 is 0 Å². The summed E-state index contributed by atoms with van der Waals surface area (Å²) in [6, 6.07) is -0.712. The van der Waals surface area contributed by atoms with E-state index in [1.54, 1.807) is 0 Å². The van der Waals surface area contributed by atoms with E-state index in [4.69, 9.17) is 9.47 Å². The van der Waals surface area contributed by atoms with Crippen LogP contribution in [0.25, 0.3) is 0 Å². The molecule has 382 valence electrons. The van der Waals surface area contributed by atoms with Crippen LogP contribution in [0.5, 0.6) is 0 Å². The molecule has 64 heavy (non-hydrogen) atoms. The summed E-state index contributed by atoms with van der Waals surface area (Å²) < 4.78 is 11.3. The molecule has 6 N–H and O–H groups in total. The lowest BCUT2D eigenvalue weighted by Crippen LogP contribution is -2.60. The number of ether oxygens (including phenoxy) is 2. The van der Waals surface area contributed by atoms with Crippen molar-refractivity contribution in [3.63, 3.8) is 0 Å². The maximum atomic E-state index is 13.0. The summed E-state index contributed by atoms with van der Waals surface area (Å²) in [6.45, 7) is 3.87. The molecule has 0 bridgehead atoms. The second-order valence-corrected chi connectivity index (χ2v) is 20.1. The zero-order chi connectivity index (χ0) is 46.6. The molecule has 1 aliphatic heterocycles. The average Bonchev–Trinajstić information content (AvgIpc) is 3.29. The van der Waals surface area contributed by atoms with Crippen LogP contribution in [0.15, 0.2) is 0 Å². The molecular weight excluding hydrogens is 803 g/mol. The Morgan fingerprint density at radius 1 is 0.469 bits per heavy atom. The van der Waals surface area contributed by atoms with Gasteiger partial charge in [0.2, 0.25) is 5.91 Å². The number of aliphatic hydroxyl groups is 5. The Hall–Kier alpha value is -0.810. The Labute approximate surface area is 395 Å². The maximum absolute atomic E-state index is 13.0. The van der Waals surface area contributed by atoms with E-state index in [9.17, 15) is 30.3 Å². The quantitative estimate of drug-likeness (QED) is 0.0331. The summed E-state index contributed by atoms with van der Waals surface area (Å²) in [5.74, 6) is -0.137. The number of nitrogens with one attached hydrogen (secondary N) is 1. The monoisotopic (exact) mass is 912 g/mol. The number of unbranched alkanes of at least 4 members (excludes halogenated alkanes) is 39. The number of carbonyl (C=O) groups excluding carboxylic acids is 1. The minimum atomic E-state index is -1.55. The molecule has 9 heteroatoms. The van der Waals surface area contributed by atoms with Crippen molar-refractivity contribution in [2.75, 3.05) is 13.2 Å². The first kappa shape index (κ1) is 61.2. The molecular formula is C55H109NO8. The Morgan fingerprint density at radius 2 is 0.781 bits per heavy atom. The van der Waals surface area contributed by atoms with Gasteiger partial charge in [0.05, 0.1) is 25.4 Å². The van der Waals surface area contributed by atoms with E-state index in [0.717, 1.165) is 38.5 Å². The molecule has 1 amide bonds. The predicted octanol–water partition coefficient (Wildman–Crippen LogP) is 13.5. The van der Waals surface area contributed by atoms with Gasteiger partial charge >= 0.3 is 0 Å². The van der Waals surface area contributed by atoms with Gasteiger partial charge in [-0.25, -0.2) is 0 Å². The Bertz CT molecular complexity index is 970. The van der Waals surface area contributed by atoms with Crippen LogP contribution in [0.2, 0.25) is 0 Å². The third-order valence-electron chi connectivity index (χ3n) is 14.0. The van der Waals surface area contributed by atoms with Crippen LogP contribution < -0.4 is 5.32 Å². The van der Waals surface area contributed by atoms with E-state index < -0.39 is 49.5 Å². The van der Waals surface area contributed by atoms with Gasteiger partial charge in [-0.15, -0.1) is 0 Å². The first-order valence-corrected chi connectivity index (χ1v) is 28.2. The molecule has 1 rings (SSSR count). The maximum Gasteiger partial charge on any atom is 0.220 e. The molecule has 0 aromatic carbocycles. The fourth-order valence-electron chi connectivity index (χ4n) is 9.46. The zero-order valence-electron chi connectivity index (χ0n) is 42.3. The summed E-state index contributed by atoms with van der Waals surface area (Å²) in [5.41, 5.74) is 0. The van der Waals surface area contributed by atoms with E-state index in [0.29, 0.717) is 12.8 Å². The number of hydrogen-bond acceptors (Lipinski definition) is 8. The number of aliphatic hydroxyl groups excluding tert-OH is 5. The fraction of sp³-hybridized carbons (Fsp3) is 0.982. The number of hydrogen-bond donors (Lipinski definition) is 6. The van der Waals surface area contributed by atoms with Crippen LogP contribution in [-0.2, 0) is 14.3 Å². The van der Waals surface area contributed by atoms with Crippen LogP contribution in [0.1, 0.15) is 290 Å². The molecule has 0 aromatic rings. The van der Waals surface area contributed by atoms with Crippen LogP contribution in [-0.4, -0.2) is 87.5 Å². The zero-order valence-corrected chi connectivity index (χ0v) is 42.3. The minimum Gasteiger partial charge on any atom is -0.394 e. The normalized spacial score (nSPS) is 19.9. The van der Waals surface area contributed by atoms with Crippen molar-refractivity contribution < 1.29 is 39.8 Å². The van der Waals surface area contributed by atoms with E-state index in [2.05, 4.69) is 19.2 Å². The molecule has 1 heterocycles. The summed E-state index contributed by atoms with van der Waals surface area (Å²) in [4.78, 5) is 13.0. The van der Waals surface area contributed by atoms with Crippen LogP contribution in [0, 0.1) is 0 Å². The highest BCUT2D eigenvalue weighted by atomic mass is 16.7. The van der Waals surface area contributed by atoms with Crippen molar-refractivity contribution in [2.45, 2.75) is 333 Å². The van der Waals surface area contributed by atoms with Gasteiger partial charge < -0.3 is 40.3 Å². The molecule has 0 radical (unpaired) electrons. The van der Waals surface area contributed by atoms with Crippen LogP contribution >= 0.6 is 0 Å². The van der Waals surface area contributed by atoms with Crippen molar-refractivity contribution in [1.82, 2.24) is 5.32 Å². The summed E-state index contributed by atoms with van der Waals surface area (Å²) in [7, 11) is 0. The SMILES string of the molecule is CCCCCCCCCCCCCCCCCCCCCCCCCCCCCC(=O)NC(COC1OC(CO)C(O)C(O)C1O)C(O)CCCCCCCCCCCCCCCC. The molecule has 0 spiro atoms. The van der Waals surface area contributed by atoms with Gasteiger partial charge in [0.25, 0.3) is 0 Å². The molecule has 7 atom stereocenters. The molecule has 0 aromatic heterocycles. The van der Waals surface area contributed by atoms with Crippen LogP contribution in [0.4, 0.5) is 0 Å². The van der Waals surface area contributed by atoms with E-state index in [1.807, 2.05) is 0 Å². The molecule has 1 aliphatic rings. The van der Waals surface area contributed by atoms with Gasteiger partial charge in [-0.1, -0.05) is 271 Å². The largest absolute Gasteiger partial charge is 0.394 e. The first-order valence-electron chi connectivity index (χ1n) is 28.2. The molecule has 1 fully saturated rings. The molecule has 0 aliphatic carbocycles. The Kier molecular flexibility index (Phi) is 43.9. The van der Waals surface area contributed by atoms with E-state index in [1.165, 1.54) is 225 Å². The number of carbonyl (C=O) groups is 1. The molecule has 0 saturated carbocycles. The lowest BCUT2D eigenvalue weighted by molar-refractivity contribution is -0.302.